The molecular formula is C16H19NO4S. The number of hydrogen-bond acceptors (Lipinski definition) is 4. The van der Waals surface area contributed by atoms with Gasteiger partial charge in [0.1, 0.15) is 11.8 Å². The van der Waals surface area contributed by atoms with Gasteiger partial charge in [0.05, 0.1) is 16.6 Å². The number of nitrogens with one attached hydrogen (secondary N) is 1. The van der Waals surface area contributed by atoms with Gasteiger partial charge in [-0.15, -0.1) is 0 Å². The van der Waals surface area contributed by atoms with Gasteiger partial charge in [-0.3, -0.25) is 4.79 Å². The van der Waals surface area contributed by atoms with Gasteiger partial charge in [-0.2, -0.15) is 0 Å². The molecule has 1 fully saturated rings. The van der Waals surface area contributed by atoms with Crippen molar-refractivity contribution in [2.24, 2.45) is 0 Å². The molecule has 1 aliphatic rings. The van der Waals surface area contributed by atoms with E-state index in [4.69, 9.17) is 4.42 Å². The lowest BCUT2D eigenvalue weighted by Crippen LogP contribution is -2.34. The Bertz CT molecular complexity index is 807. The Morgan fingerprint density at radius 2 is 2.23 bits per heavy atom. The number of carbonyl (C=O) groups is 1. The van der Waals surface area contributed by atoms with Crippen LogP contribution in [0.25, 0.3) is 11.0 Å². The predicted octanol–water partition coefficient (Wildman–Crippen LogP) is 2.30. The number of rotatable bonds is 4. The number of amides is 1. The Kier molecular flexibility index (Phi) is 3.95. The highest BCUT2D eigenvalue weighted by molar-refractivity contribution is 7.92. The largest absolute Gasteiger partial charge is 0.463 e. The van der Waals surface area contributed by atoms with Crippen LogP contribution in [0.3, 0.4) is 0 Å². The predicted molar refractivity (Wildman–Crippen MR) is 84.7 cm³/mol. The maximum Gasteiger partial charge on any atom is 0.255 e. The maximum atomic E-state index is 12.3. The standard InChI is InChI=1S/C16H19NO4S/c1-2-11-5-6-15-13(8-11)14(10-21-15)16(18)17-9-12-4-3-7-22(12,19)20/h5-6,8,10,12H,2-4,7,9H2,1H3,(H,17,18)/t12-/m0/s1. The van der Waals surface area contributed by atoms with Crippen LogP contribution >= 0.6 is 0 Å². The van der Waals surface area contributed by atoms with E-state index in [0.717, 1.165) is 17.4 Å². The molecule has 22 heavy (non-hydrogen) atoms. The van der Waals surface area contributed by atoms with Crippen molar-refractivity contribution < 1.29 is 17.6 Å². The van der Waals surface area contributed by atoms with Crippen molar-refractivity contribution in [1.29, 1.82) is 0 Å². The van der Waals surface area contributed by atoms with Crippen LogP contribution in [0.4, 0.5) is 0 Å². The number of benzene rings is 1. The first-order chi connectivity index (χ1) is 10.5. The normalized spacial score (nSPS) is 20.3. The van der Waals surface area contributed by atoms with Crippen molar-refractivity contribution >= 4 is 26.7 Å². The molecule has 0 spiro atoms. The Labute approximate surface area is 129 Å². The average molecular weight is 321 g/mol. The minimum atomic E-state index is -3.04. The van der Waals surface area contributed by atoms with Crippen LogP contribution in [-0.2, 0) is 16.3 Å². The molecule has 1 aromatic carbocycles. The van der Waals surface area contributed by atoms with Gasteiger partial charge in [-0.05, 0) is 37.0 Å². The SMILES string of the molecule is CCc1ccc2occ(C(=O)NC[C@@H]3CCCS3(=O)=O)c2c1. The Morgan fingerprint density at radius 3 is 2.91 bits per heavy atom. The lowest BCUT2D eigenvalue weighted by Gasteiger charge is -2.10. The first-order valence-corrected chi connectivity index (χ1v) is 9.22. The van der Waals surface area contributed by atoms with E-state index in [-0.39, 0.29) is 18.2 Å². The fourth-order valence-electron chi connectivity index (χ4n) is 2.86. The Hall–Kier alpha value is -1.82. The third kappa shape index (κ3) is 2.75. The third-order valence-corrected chi connectivity index (χ3v) is 6.52. The Balaban J connectivity index is 1.78. The molecule has 1 amide bonds. The van der Waals surface area contributed by atoms with Crippen LogP contribution in [0.5, 0.6) is 0 Å². The highest BCUT2D eigenvalue weighted by Gasteiger charge is 2.31. The number of sulfone groups is 1. The third-order valence-electron chi connectivity index (χ3n) is 4.24. The average Bonchev–Trinajstić information content (AvgIpc) is 3.06. The minimum Gasteiger partial charge on any atom is -0.463 e. The van der Waals surface area contributed by atoms with Crippen molar-refractivity contribution in [3.63, 3.8) is 0 Å². The molecule has 0 radical (unpaired) electrons. The summed E-state index contributed by atoms with van der Waals surface area (Å²) in [6.07, 6.45) is 3.61. The van der Waals surface area contributed by atoms with E-state index >= 15 is 0 Å². The van der Waals surface area contributed by atoms with Gasteiger partial charge in [-0.25, -0.2) is 8.42 Å². The molecule has 1 aromatic heterocycles. The quantitative estimate of drug-likeness (QED) is 0.937. The first-order valence-electron chi connectivity index (χ1n) is 7.51. The highest BCUT2D eigenvalue weighted by Crippen LogP contribution is 2.23. The second-order valence-electron chi connectivity index (χ2n) is 5.67. The molecule has 0 bridgehead atoms. The first kappa shape index (κ1) is 15.1. The van der Waals surface area contributed by atoms with Crippen molar-refractivity contribution in [3.8, 4) is 0 Å². The zero-order valence-electron chi connectivity index (χ0n) is 12.5. The minimum absolute atomic E-state index is 0.168. The molecule has 3 rings (SSSR count). The fraction of sp³-hybridized carbons (Fsp3) is 0.438. The molecule has 0 saturated carbocycles. The second-order valence-corrected chi connectivity index (χ2v) is 8.08. The summed E-state index contributed by atoms with van der Waals surface area (Å²) >= 11 is 0. The zero-order chi connectivity index (χ0) is 15.7. The summed E-state index contributed by atoms with van der Waals surface area (Å²) < 4.78 is 29.0. The van der Waals surface area contributed by atoms with Crippen LogP contribution < -0.4 is 5.32 Å². The van der Waals surface area contributed by atoms with E-state index in [9.17, 15) is 13.2 Å². The van der Waals surface area contributed by atoms with Crippen molar-refractivity contribution in [3.05, 3.63) is 35.6 Å². The number of fused-ring (bicyclic) bond motifs is 1. The van der Waals surface area contributed by atoms with Crippen LogP contribution in [0.1, 0.15) is 35.7 Å². The lowest BCUT2D eigenvalue weighted by molar-refractivity contribution is 0.0954. The molecule has 2 heterocycles. The molecule has 5 nitrogen and oxygen atoms in total. The lowest BCUT2D eigenvalue weighted by atomic mass is 10.1. The van der Waals surface area contributed by atoms with Crippen molar-refractivity contribution in [2.45, 2.75) is 31.4 Å². The van der Waals surface area contributed by atoms with Gasteiger partial charge < -0.3 is 9.73 Å². The number of furan rings is 1. The smallest absolute Gasteiger partial charge is 0.255 e. The molecule has 1 aliphatic heterocycles. The molecule has 118 valence electrons. The highest BCUT2D eigenvalue weighted by atomic mass is 32.2. The number of aryl methyl sites for hydroxylation is 1. The maximum absolute atomic E-state index is 12.3. The number of carbonyl (C=O) groups excluding carboxylic acids is 1. The van der Waals surface area contributed by atoms with Crippen LogP contribution in [0, 0.1) is 0 Å². The van der Waals surface area contributed by atoms with E-state index in [0.29, 0.717) is 24.0 Å². The monoisotopic (exact) mass is 321 g/mol. The van der Waals surface area contributed by atoms with Crippen molar-refractivity contribution in [2.75, 3.05) is 12.3 Å². The molecule has 6 heteroatoms. The summed E-state index contributed by atoms with van der Waals surface area (Å²) in [5.74, 6) is -0.0590. The Morgan fingerprint density at radius 1 is 1.41 bits per heavy atom. The fourth-order valence-corrected chi connectivity index (χ4v) is 4.63. The van der Waals surface area contributed by atoms with E-state index in [1.165, 1.54) is 6.26 Å². The molecular weight excluding hydrogens is 302 g/mol. The van der Waals surface area contributed by atoms with Crippen LogP contribution in [0.2, 0.25) is 0 Å². The van der Waals surface area contributed by atoms with Gasteiger partial charge in [0.25, 0.3) is 5.91 Å². The van der Waals surface area contributed by atoms with E-state index in [1.807, 2.05) is 25.1 Å². The van der Waals surface area contributed by atoms with Gasteiger partial charge >= 0.3 is 0 Å². The zero-order valence-corrected chi connectivity index (χ0v) is 13.3. The molecule has 1 N–H and O–H groups in total. The molecule has 1 saturated heterocycles. The summed E-state index contributed by atoms with van der Waals surface area (Å²) in [6.45, 7) is 2.22. The van der Waals surface area contributed by atoms with Crippen LogP contribution in [-0.4, -0.2) is 31.9 Å². The van der Waals surface area contributed by atoms with E-state index in [1.54, 1.807) is 0 Å². The summed E-state index contributed by atoms with van der Waals surface area (Å²) in [5, 5.41) is 3.05. The molecule has 2 aromatic rings. The van der Waals surface area contributed by atoms with Gasteiger partial charge in [0.2, 0.25) is 0 Å². The van der Waals surface area contributed by atoms with Gasteiger partial charge in [0, 0.05) is 11.9 Å². The molecule has 0 aliphatic carbocycles. The summed E-state index contributed by atoms with van der Waals surface area (Å²) in [4.78, 5) is 12.3. The summed E-state index contributed by atoms with van der Waals surface area (Å²) in [6, 6.07) is 5.77. The summed E-state index contributed by atoms with van der Waals surface area (Å²) in [5.41, 5.74) is 2.25. The van der Waals surface area contributed by atoms with Crippen LogP contribution in [0.15, 0.2) is 28.9 Å². The van der Waals surface area contributed by atoms with Gasteiger partial charge in [-0.1, -0.05) is 13.0 Å². The van der Waals surface area contributed by atoms with Gasteiger partial charge in [0.15, 0.2) is 9.84 Å². The molecule has 0 unspecified atom stereocenters. The van der Waals surface area contributed by atoms with Crippen molar-refractivity contribution in [1.82, 2.24) is 5.32 Å². The topological polar surface area (TPSA) is 76.4 Å². The van der Waals surface area contributed by atoms with E-state index in [2.05, 4.69) is 5.32 Å². The number of hydrogen-bond donors (Lipinski definition) is 1. The summed E-state index contributed by atoms with van der Waals surface area (Å²) in [7, 11) is -3.04. The van der Waals surface area contributed by atoms with E-state index < -0.39 is 15.1 Å². The second kappa shape index (κ2) is 5.76. The molecule has 1 atom stereocenters.